The van der Waals surface area contributed by atoms with Crippen molar-refractivity contribution in [3.63, 3.8) is 0 Å². The Morgan fingerprint density at radius 2 is 1.45 bits per heavy atom. The molecule has 1 atom stereocenters. The van der Waals surface area contributed by atoms with E-state index in [4.69, 9.17) is 0 Å². The Morgan fingerprint density at radius 1 is 0.950 bits per heavy atom. The second-order valence-electron chi connectivity index (χ2n) is 5.79. The second-order valence-corrected chi connectivity index (χ2v) is 5.79. The smallest absolute Gasteiger partial charge is 0.105 e. The fourth-order valence-electron chi connectivity index (χ4n) is 3.24. The summed E-state index contributed by atoms with van der Waals surface area (Å²) in [5.74, 6) is 0. The van der Waals surface area contributed by atoms with Crippen LogP contribution >= 0.6 is 0 Å². The van der Waals surface area contributed by atoms with E-state index < -0.39 is 5.54 Å². The summed E-state index contributed by atoms with van der Waals surface area (Å²) in [7, 11) is 0. The van der Waals surface area contributed by atoms with Crippen molar-refractivity contribution in [1.82, 2.24) is 5.32 Å². The molecule has 2 nitrogen and oxygen atoms in total. The molecule has 1 saturated heterocycles. The van der Waals surface area contributed by atoms with E-state index in [2.05, 4.69) is 59.9 Å². The quantitative estimate of drug-likeness (QED) is 0.901. The first-order valence-electron chi connectivity index (χ1n) is 6.96. The maximum Gasteiger partial charge on any atom is 0.105 e. The summed E-state index contributed by atoms with van der Waals surface area (Å²) >= 11 is 0. The molecule has 0 radical (unpaired) electrons. The number of rotatable bonds is 2. The van der Waals surface area contributed by atoms with Gasteiger partial charge < -0.3 is 0 Å². The lowest BCUT2D eigenvalue weighted by Crippen LogP contribution is -2.33. The molecule has 1 fully saturated rings. The van der Waals surface area contributed by atoms with Crippen LogP contribution in [0.3, 0.4) is 0 Å². The molecule has 20 heavy (non-hydrogen) atoms. The fraction of sp³-hybridized carbons (Fsp3) is 0.278. The third-order valence-corrected chi connectivity index (χ3v) is 4.34. The van der Waals surface area contributed by atoms with Crippen molar-refractivity contribution in [2.45, 2.75) is 24.3 Å². The van der Waals surface area contributed by atoms with Gasteiger partial charge in [0.05, 0.1) is 6.07 Å². The van der Waals surface area contributed by atoms with Gasteiger partial charge in [-0.1, -0.05) is 60.7 Å². The van der Waals surface area contributed by atoms with Crippen molar-refractivity contribution in [3.8, 4) is 6.07 Å². The molecule has 1 aliphatic rings. The van der Waals surface area contributed by atoms with E-state index in [9.17, 15) is 5.26 Å². The largest absolute Gasteiger partial charge is 0.298 e. The van der Waals surface area contributed by atoms with Crippen molar-refractivity contribution in [1.29, 1.82) is 5.26 Å². The lowest BCUT2D eigenvalue weighted by molar-refractivity contribution is 0.497. The highest BCUT2D eigenvalue weighted by molar-refractivity contribution is 5.43. The van der Waals surface area contributed by atoms with Gasteiger partial charge in [0.2, 0.25) is 0 Å². The summed E-state index contributed by atoms with van der Waals surface area (Å²) in [5, 5.41) is 12.8. The van der Waals surface area contributed by atoms with E-state index >= 15 is 0 Å². The van der Waals surface area contributed by atoms with E-state index in [0.717, 1.165) is 13.0 Å². The van der Waals surface area contributed by atoms with E-state index in [1.807, 2.05) is 19.1 Å². The average molecular weight is 262 g/mol. The summed E-state index contributed by atoms with van der Waals surface area (Å²) < 4.78 is 0. The van der Waals surface area contributed by atoms with Gasteiger partial charge in [-0.2, -0.15) is 5.26 Å². The van der Waals surface area contributed by atoms with Crippen molar-refractivity contribution < 1.29 is 0 Å². The van der Waals surface area contributed by atoms with Gasteiger partial charge >= 0.3 is 0 Å². The average Bonchev–Trinajstić information content (AvgIpc) is 2.89. The monoisotopic (exact) mass is 262 g/mol. The van der Waals surface area contributed by atoms with Gasteiger partial charge in [0.15, 0.2) is 0 Å². The number of nitrogens with zero attached hydrogens (tertiary/aromatic N) is 1. The van der Waals surface area contributed by atoms with Gasteiger partial charge in [0.1, 0.15) is 5.54 Å². The van der Waals surface area contributed by atoms with Crippen molar-refractivity contribution in [3.05, 3.63) is 71.8 Å². The number of nitriles is 1. The summed E-state index contributed by atoms with van der Waals surface area (Å²) in [6.07, 6.45) is 0.796. The zero-order chi connectivity index (χ0) is 14.1. The predicted octanol–water partition coefficient (Wildman–Crippen LogP) is 3.25. The first-order chi connectivity index (χ1) is 9.69. The standard InChI is InChI=1S/C18H18N2/c1-17(13-19)12-18(14-20-17,15-8-4-2-5-9-15)16-10-6-3-7-11-16/h2-11,20H,12,14H2,1H3. The molecule has 0 spiro atoms. The van der Waals surface area contributed by atoms with E-state index in [-0.39, 0.29) is 5.41 Å². The van der Waals surface area contributed by atoms with E-state index in [1.54, 1.807) is 0 Å². The summed E-state index contributed by atoms with van der Waals surface area (Å²) in [4.78, 5) is 0. The normalized spacial score (nSPS) is 24.2. The molecule has 0 aromatic heterocycles. The fourth-order valence-corrected chi connectivity index (χ4v) is 3.24. The first-order valence-corrected chi connectivity index (χ1v) is 6.96. The number of hydrogen-bond acceptors (Lipinski definition) is 2. The Labute approximate surface area is 120 Å². The van der Waals surface area contributed by atoms with Crippen molar-refractivity contribution in [2.24, 2.45) is 0 Å². The minimum absolute atomic E-state index is 0.118. The molecule has 0 bridgehead atoms. The molecule has 1 aliphatic heterocycles. The summed E-state index contributed by atoms with van der Waals surface area (Å²) in [6.45, 7) is 2.78. The van der Waals surface area contributed by atoms with Crippen LogP contribution in [-0.2, 0) is 5.41 Å². The highest BCUT2D eigenvalue weighted by Gasteiger charge is 2.47. The predicted molar refractivity (Wildman–Crippen MR) is 80.3 cm³/mol. The highest BCUT2D eigenvalue weighted by Crippen LogP contribution is 2.43. The summed E-state index contributed by atoms with van der Waals surface area (Å²) in [5.41, 5.74) is 1.97. The second kappa shape index (κ2) is 4.77. The molecule has 2 aromatic rings. The molecule has 2 heteroatoms. The van der Waals surface area contributed by atoms with Crippen LogP contribution in [0.2, 0.25) is 0 Å². The zero-order valence-electron chi connectivity index (χ0n) is 11.6. The third-order valence-electron chi connectivity index (χ3n) is 4.34. The van der Waals surface area contributed by atoms with E-state index in [0.29, 0.717) is 0 Å². The number of benzene rings is 2. The van der Waals surface area contributed by atoms with Gasteiger partial charge in [-0.3, -0.25) is 5.32 Å². The lowest BCUT2D eigenvalue weighted by Gasteiger charge is -2.30. The van der Waals surface area contributed by atoms with Crippen LogP contribution in [-0.4, -0.2) is 12.1 Å². The van der Waals surface area contributed by atoms with Crippen LogP contribution < -0.4 is 5.32 Å². The Kier molecular flexibility index (Phi) is 3.08. The van der Waals surface area contributed by atoms with Crippen LogP contribution in [0.1, 0.15) is 24.5 Å². The molecular formula is C18H18N2. The molecule has 1 heterocycles. The SMILES string of the molecule is CC1(C#N)CC(c2ccccc2)(c2ccccc2)CN1. The number of hydrogen-bond donors (Lipinski definition) is 1. The zero-order valence-corrected chi connectivity index (χ0v) is 11.6. The maximum absolute atomic E-state index is 9.44. The van der Waals surface area contributed by atoms with Crippen LogP contribution in [0, 0.1) is 11.3 Å². The minimum atomic E-state index is -0.467. The van der Waals surface area contributed by atoms with Gasteiger partial charge in [-0.25, -0.2) is 0 Å². The van der Waals surface area contributed by atoms with Crippen LogP contribution in [0.15, 0.2) is 60.7 Å². The molecule has 2 aromatic carbocycles. The Balaban J connectivity index is 2.14. The molecule has 0 aliphatic carbocycles. The highest BCUT2D eigenvalue weighted by atomic mass is 15.0. The molecule has 3 rings (SSSR count). The Bertz CT molecular complexity index is 588. The van der Waals surface area contributed by atoms with Crippen LogP contribution in [0.4, 0.5) is 0 Å². The first kappa shape index (κ1) is 12.9. The molecule has 1 unspecified atom stereocenters. The van der Waals surface area contributed by atoms with E-state index in [1.165, 1.54) is 11.1 Å². The minimum Gasteiger partial charge on any atom is -0.298 e. The molecule has 1 N–H and O–H groups in total. The lowest BCUT2D eigenvalue weighted by atomic mass is 9.71. The molecular weight excluding hydrogens is 244 g/mol. The maximum atomic E-state index is 9.44. The van der Waals surface area contributed by atoms with Gasteiger partial charge in [0.25, 0.3) is 0 Å². The Morgan fingerprint density at radius 3 is 1.85 bits per heavy atom. The topological polar surface area (TPSA) is 35.8 Å². The third kappa shape index (κ3) is 2.01. The molecule has 100 valence electrons. The van der Waals surface area contributed by atoms with Crippen molar-refractivity contribution in [2.75, 3.05) is 6.54 Å². The molecule has 0 amide bonds. The molecule has 0 saturated carbocycles. The number of nitrogens with one attached hydrogen (secondary N) is 1. The Hall–Kier alpha value is -2.11. The van der Waals surface area contributed by atoms with Gasteiger partial charge in [-0.15, -0.1) is 0 Å². The van der Waals surface area contributed by atoms with Gasteiger partial charge in [0, 0.05) is 12.0 Å². The van der Waals surface area contributed by atoms with Crippen LogP contribution in [0.25, 0.3) is 0 Å². The van der Waals surface area contributed by atoms with Crippen LogP contribution in [0.5, 0.6) is 0 Å². The van der Waals surface area contributed by atoms with Crippen molar-refractivity contribution >= 4 is 0 Å². The van der Waals surface area contributed by atoms with Gasteiger partial charge in [-0.05, 0) is 24.5 Å². The summed E-state index contributed by atoms with van der Waals surface area (Å²) in [6, 6.07) is 23.4.